The first kappa shape index (κ1) is 18.5. The lowest BCUT2D eigenvalue weighted by Crippen LogP contribution is -2.47. The van der Waals surface area contributed by atoms with Crippen LogP contribution in [-0.4, -0.2) is 22.7 Å². The Morgan fingerprint density at radius 2 is 2.08 bits per heavy atom. The van der Waals surface area contributed by atoms with Gasteiger partial charge in [0.05, 0.1) is 16.3 Å². The van der Waals surface area contributed by atoms with Crippen molar-refractivity contribution in [2.75, 3.05) is 5.75 Å². The molecule has 1 aromatic rings. The van der Waals surface area contributed by atoms with Gasteiger partial charge in [0.15, 0.2) is 0 Å². The molecular weight excluding hydrogens is 349 g/mol. The number of halogens is 3. The van der Waals surface area contributed by atoms with Crippen molar-refractivity contribution in [1.82, 2.24) is 10.3 Å². The molecule has 138 valence electrons. The summed E-state index contributed by atoms with van der Waals surface area (Å²) in [6, 6.07) is 2.48. The predicted octanol–water partition coefficient (Wildman–Crippen LogP) is 4.52. The summed E-state index contributed by atoms with van der Waals surface area (Å²) >= 11 is 1.16. The summed E-state index contributed by atoms with van der Waals surface area (Å²) in [5, 5.41) is 3.56. The maximum absolute atomic E-state index is 12.5. The second kappa shape index (κ2) is 6.18. The highest BCUT2D eigenvalue weighted by atomic mass is 32.2. The van der Waals surface area contributed by atoms with Gasteiger partial charge >= 0.3 is 6.18 Å². The minimum absolute atomic E-state index is 0.0822. The highest BCUT2D eigenvalue weighted by Crippen LogP contribution is 2.65. The number of nitrogens with one attached hydrogen (secondary N) is 1. The number of alkyl halides is 3. The fourth-order valence-electron chi connectivity index (χ4n) is 4.43. The lowest BCUT2D eigenvalue weighted by molar-refractivity contribution is -0.137. The van der Waals surface area contributed by atoms with Crippen molar-refractivity contribution in [3.05, 3.63) is 23.9 Å². The minimum Gasteiger partial charge on any atom is -0.352 e. The first-order valence-electron chi connectivity index (χ1n) is 8.49. The molecule has 3 atom stereocenters. The Morgan fingerprint density at radius 3 is 2.56 bits per heavy atom. The Balaban J connectivity index is 1.54. The first-order chi connectivity index (χ1) is 11.5. The number of amides is 1. The van der Waals surface area contributed by atoms with E-state index in [1.165, 1.54) is 12.5 Å². The molecule has 1 heterocycles. The summed E-state index contributed by atoms with van der Waals surface area (Å²) < 4.78 is 37.6. The van der Waals surface area contributed by atoms with E-state index in [0.29, 0.717) is 10.9 Å². The predicted molar refractivity (Wildman–Crippen MR) is 91.1 cm³/mol. The van der Waals surface area contributed by atoms with E-state index in [0.717, 1.165) is 36.9 Å². The van der Waals surface area contributed by atoms with Gasteiger partial charge < -0.3 is 5.32 Å². The number of pyridine rings is 1. The topological polar surface area (TPSA) is 42.0 Å². The number of carbonyl (C=O) groups is 1. The van der Waals surface area contributed by atoms with Gasteiger partial charge in [-0.3, -0.25) is 4.79 Å². The van der Waals surface area contributed by atoms with E-state index in [1.54, 1.807) is 0 Å². The molecule has 25 heavy (non-hydrogen) atoms. The highest BCUT2D eigenvalue weighted by molar-refractivity contribution is 7.99. The Kier molecular flexibility index (Phi) is 4.58. The van der Waals surface area contributed by atoms with Crippen molar-refractivity contribution in [1.29, 1.82) is 0 Å². The van der Waals surface area contributed by atoms with Gasteiger partial charge in [0.1, 0.15) is 0 Å². The number of fused-ring (bicyclic) bond motifs is 2. The summed E-state index contributed by atoms with van der Waals surface area (Å²) in [7, 11) is 0. The van der Waals surface area contributed by atoms with Crippen molar-refractivity contribution < 1.29 is 18.0 Å². The second-order valence-corrected chi connectivity index (χ2v) is 8.90. The van der Waals surface area contributed by atoms with Crippen LogP contribution in [0, 0.1) is 16.7 Å². The summed E-state index contributed by atoms with van der Waals surface area (Å²) in [6.07, 6.45) is -0.223. The quantitative estimate of drug-likeness (QED) is 0.790. The molecule has 0 radical (unpaired) electrons. The zero-order valence-corrected chi connectivity index (χ0v) is 15.4. The van der Waals surface area contributed by atoms with E-state index < -0.39 is 11.7 Å². The van der Waals surface area contributed by atoms with Crippen LogP contribution in [0.4, 0.5) is 13.2 Å². The van der Waals surface area contributed by atoms with Gasteiger partial charge in [-0.05, 0) is 48.1 Å². The summed E-state index contributed by atoms with van der Waals surface area (Å²) in [4.78, 5) is 16.1. The molecule has 2 saturated carbocycles. The van der Waals surface area contributed by atoms with Gasteiger partial charge in [0.25, 0.3) is 0 Å². The van der Waals surface area contributed by atoms with Crippen LogP contribution in [0.3, 0.4) is 0 Å². The summed E-state index contributed by atoms with van der Waals surface area (Å²) in [6.45, 7) is 6.84. The fraction of sp³-hybridized carbons (Fsp3) is 0.667. The maximum atomic E-state index is 12.5. The van der Waals surface area contributed by atoms with Gasteiger partial charge in [-0.2, -0.15) is 13.2 Å². The van der Waals surface area contributed by atoms with Crippen LogP contribution in [0.15, 0.2) is 23.4 Å². The average Bonchev–Trinajstić information content (AvgIpc) is 2.86. The maximum Gasteiger partial charge on any atom is 0.417 e. The SMILES string of the molecule is CC1(C)[C@H]2CC[C@@]1(C)[C@H](NC(=O)CSc1ccc(C(F)(F)F)cn1)C2. The largest absolute Gasteiger partial charge is 0.417 e. The number of thioether (sulfide) groups is 1. The van der Waals surface area contributed by atoms with E-state index in [9.17, 15) is 18.0 Å². The van der Waals surface area contributed by atoms with E-state index >= 15 is 0 Å². The molecular formula is C18H23F3N2OS. The lowest BCUT2D eigenvalue weighted by Gasteiger charge is -2.39. The van der Waals surface area contributed by atoms with Crippen molar-refractivity contribution in [3.8, 4) is 0 Å². The number of nitrogens with zero attached hydrogens (tertiary/aromatic N) is 1. The number of rotatable bonds is 4. The van der Waals surface area contributed by atoms with Crippen LogP contribution in [0.5, 0.6) is 0 Å². The summed E-state index contributed by atoms with van der Waals surface area (Å²) in [5.41, 5.74) is -0.434. The third kappa shape index (κ3) is 3.27. The van der Waals surface area contributed by atoms with Crippen LogP contribution in [0.25, 0.3) is 0 Å². The third-order valence-electron chi connectivity index (χ3n) is 6.54. The van der Waals surface area contributed by atoms with Gasteiger partial charge in [-0.15, -0.1) is 0 Å². The van der Waals surface area contributed by atoms with Crippen LogP contribution in [-0.2, 0) is 11.0 Å². The Bertz CT molecular complexity index is 659. The van der Waals surface area contributed by atoms with Gasteiger partial charge in [0.2, 0.25) is 5.91 Å². The fourth-order valence-corrected chi connectivity index (χ4v) is 5.08. The van der Waals surface area contributed by atoms with E-state index in [-0.39, 0.29) is 28.5 Å². The Morgan fingerprint density at radius 1 is 1.36 bits per heavy atom. The average molecular weight is 372 g/mol. The zero-order valence-electron chi connectivity index (χ0n) is 14.6. The van der Waals surface area contributed by atoms with Crippen molar-refractivity contribution in [2.24, 2.45) is 16.7 Å². The minimum atomic E-state index is -4.39. The monoisotopic (exact) mass is 372 g/mol. The number of carbonyl (C=O) groups excluding carboxylic acids is 1. The molecule has 0 saturated heterocycles. The molecule has 1 amide bonds. The van der Waals surface area contributed by atoms with E-state index in [2.05, 4.69) is 31.1 Å². The van der Waals surface area contributed by atoms with Crippen molar-refractivity contribution >= 4 is 17.7 Å². The van der Waals surface area contributed by atoms with Gasteiger partial charge in [-0.1, -0.05) is 32.5 Å². The van der Waals surface area contributed by atoms with Crippen LogP contribution >= 0.6 is 11.8 Å². The van der Waals surface area contributed by atoms with Crippen LogP contribution in [0.2, 0.25) is 0 Å². The Hall–Kier alpha value is -1.24. The van der Waals surface area contributed by atoms with Crippen LogP contribution in [0.1, 0.15) is 45.6 Å². The smallest absolute Gasteiger partial charge is 0.352 e. The first-order valence-corrected chi connectivity index (χ1v) is 9.48. The standard InChI is InChI=1S/C18H23F3N2OS/c1-16(2)11-6-7-17(16,3)13(8-11)23-14(24)10-25-15-5-4-12(9-22-15)18(19,20)21/h4-5,9,11,13H,6-8,10H2,1-3H3,(H,23,24)/t11-,13+,17-/m0/s1. The molecule has 1 N–H and O–H groups in total. The summed E-state index contributed by atoms with van der Waals surface area (Å²) in [5.74, 6) is 0.726. The molecule has 1 aromatic heterocycles. The van der Waals surface area contributed by atoms with Crippen molar-refractivity contribution in [2.45, 2.75) is 57.3 Å². The van der Waals surface area contributed by atoms with Crippen LogP contribution < -0.4 is 5.32 Å². The zero-order chi connectivity index (χ0) is 18.5. The molecule has 0 unspecified atom stereocenters. The molecule has 2 aliphatic carbocycles. The number of hydrogen-bond acceptors (Lipinski definition) is 3. The molecule has 2 bridgehead atoms. The molecule has 0 aromatic carbocycles. The van der Waals surface area contributed by atoms with Gasteiger partial charge in [0, 0.05) is 12.2 Å². The molecule has 2 aliphatic rings. The molecule has 2 fully saturated rings. The van der Waals surface area contributed by atoms with Gasteiger partial charge in [-0.25, -0.2) is 4.98 Å². The third-order valence-corrected chi connectivity index (χ3v) is 7.49. The normalized spacial score (nSPS) is 30.5. The lowest BCUT2D eigenvalue weighted by atomic mass is 9.69. The van der Waals surface area contributed by atoms with E-state index in [4.69, 9.17) is 0 Å². The van der Waals surface area contributed by atoms with Crippen molar-refractivity contribution in [3.63, 3.8) is 0 Å². The molecule has 7 heteroatoms. The molecule has 3 rings (SSSR count). The second-order valence-electron chi connectivity index (χ2n) is 7.90. The molecule has 3 nitrogen and oxygen atoms in total. The number of hydrogen-bond donors (Lipinski definition) is 1. The number of aromatic nitrogens is 1. The van der Waals surface area contributed by atoms with E-state index in [1.807, 2.05) is 0 Å². The molecule has 0 spiro atoms. The Labute approximate surface area is 150 Å². The highest BCUT2D eigenvalue weighted by Gasteiger charge is 2.61. The molecule has 0 aliphatic heterocycles.